The average Bonchev–Trinajstić information content (AvgIpc) is 2.74. The fraction of sp³-hybridized carbons (Fsp3) is 0.667. The molecule has 8 heteroatoms. The van der Waals surface area contributed by atoms with Crippen LogP contribution in [0.25, 0.3) is 0 Å². The topological polar surface area (TPSA) is 61.4 Å². The molecule has 2 rings (SSSR count). The third kappa shape index (κ3) is 8.55. The SMILES string of the molecule is CCN1CCN(CC(C)CNC(=NC)NCc2ccc(OC)cc2OC)CC1.I. The van der Waals surface area contributed by atoms with Gasteiger partial charge in [-0.3, -0.25) is 4.99 Å². The molecule has 1 aromatic rings. The zero-order chi connectivity index (χ0) is 20.4. The van der Waals surface area contributed by atoms with Crippen LogP contribution in [0.4, 0.5) is 0 Å². The molecule has 1 aliphatic rings. The van der Waals surface area contributed by atoms with E-state index in [-0.39, 0.29) is 24.0 Å². The number of aliphatic imine (C=N–C) groups is 1. The molecular formula is C21H38IN5O2. The number of hydrogen-bond acceptors (Lipinski definition) is 5. The Labute approximate surface area is 193 Å². The summed E-state index contributed by atoms with van der Waals surface area (Å²) in [5, 5.41) is 6.81. The number of piperazine rings is 1. The van der Waals surface area contributed by atoms with E-state index in [4.69, 9.17) is 9.47 Å². The van der Waals surface area contributed by atoms with Gasteiger partial charge in [0.05, 0.1) is 14.2 Å². The number of nitrogens with zero attached hydrogens (tertiary/aromatic N) is 3. The fourth-order valence-corrected chi connectivity index (χ4v) is 3.46. The van der Waals surface area contributed by atoms with Gasteiger partial charge in [-0.15, -0.1) is 24.0 Å². The Morgan fingerprint density at radius 1 is 1.10 bits per heavy atom. The van der Waals surface area contributed by atoms with Crippen LogP contribution in [0.3, 0.4) is 0 Å². The maximum atomic E-state index is 5.46. The highest BCUT2D eigenvalue weighted by molar-refractivity contribution is 14.0. The van der Waals surface area contributed by atoms with E-state index in [0.717, 1.165) is 42.7 Å². The first kappa shape index (κ1) is 25.8. The summed E-state index contributed by atoms with van der Waals surface area (Å²) in [4.78, 5) is 9.42. The molecule has 0 aliphatic carbocycles. The summed E-state index contributed by atoms with van der Waals surface area (Å²) in [6, 6.07) is 5.85. The van der Waals surface area contributed by atoms with Gasteiger partial charge < -0.3 is 29.9 Å². The normalized spacial score (nSPS) is 16.7. The van der Waals surface area contributed by atoms with E-state index in [0.29, 0.717) is 12.5 Å². The summed E-state index contributed by atoms with van der Waals surface area (Å²) in [6.07, 6.45) is 0. The van der Waals surface area contributed by atoms with E-state index in [1.165, 1.54) is 26.2 Å². The van der Waals surface area contributed by atoms with Gasteiger partial charge in [0.1, 0.15) is 11.5 Å². The highest BCUT2D eigenvalue weighted by Gasteiger charge is 2.17. The summed E-state index contributed by atoms with van der Waals surface area (Å²) >= 11 is 0. The summed E-state index contributed by atoms with van der Waals surface area (Å²) in [5.74, 6) is 2.96. The fourth-order valence-electron chi connectivity index (χ4n) is 3.46. The summed E-state index contributed by atoms with van der Waals surface area (Å²) < 4.78 is 10.7. The lowest BCUT2D eigenvalue weighted by atomic mass is 10.1. The first-order chi connectivity index (χ1) is 13.6. The van der Waals surface area contributed by atoms with Gasteiger partial charge in [0.25, 0.3) is 0 Å². The Morgan fingerprint density at radius 3 is 2.38 bits per heavy atom. The average molecular weight is 519 g/mol. The van der Waals surface area contributed by atoms with Gasteiger partial charge in [-0.05, 0) is 24.6 Å². The van der Waals surface area contributed by atoms with Crippen LogP contribution in [0.15, 0.2) is 23.2 Å². The van der Waals surface area contributed by atoms with Crippen LogP contribution in [-0.2, 0) is 6.54 Å². The van der Waals surface area contributed by atoms with Gasteiger partial charge in [-0.2, -0.15) is 0 Å². The molecule has 0 aromatic heterocycles. The number of benzene rings is 1. The minimum atomic E-state index is 0. The van der Waals surface area contributed by atoms with Gasteiger partial charge in [-0.1, -0.05) is 13.8 Å². The smallest absolute Gasteiger partial charge is 0.191 e. The summed E-state index contributed by atoms with van der Waals surface area (Å²) in [6.45, 7) is 13.0. The molecule has 1 heterocycles. The van der Waals surface area contributed by atoms with Crippen molar-refractivity contribution in [2.75, 3.05) is 67.1 Å². The van der Waals surface area contributed by atoms with Crippen molar-refractivity contribution in [3.63, 3.8) is 0 Å². The number of halogens is 1. The molecule has 0 bridgehead atoms. The van der Waals surface area contributed by atoms with E-state index >= 15 is 0 Å². The summed E-state index contributed by atoms with van der Waals surface area (Å²) in [7, 11) is 5.13. The lowest BCUT2D eigenvalue weighted by molar-refractivity contribution is 0.124. The van der Waals surface area contributed by atoms with Crippen molar-refractivity contribution in [1.82, 2.24) is 20.4 Å². The highest BCUT2D eigenvalue weighted by Crippen LogP contribution is 2.24. The number of ether oxygens (including phenoxy) is 2. The molecule has 29 heavy (non-hydrogen) atoms. The van der Waals surface area contributed by atoms with Crippen molar-refractivity contribution in [3.05, 3.63) is 23.8 Å². The molecule has 1 unspecified atom stereocenters. The Bertz CT molecular complexity index is 621. The second kappa shape index (κ2) is 13.9. The van der Waals surface area contributed by atoms with Crippen molar-refractivity contribution in [3.8, 4) is 11.5 Å². The van der Waals surface area contributed by atoms with E-state index in [9.17, 15) is 0 Å². The molecule has 7 nitrogen and oxygen atoms in total. The van der Waals surface area contributed by atoms with Gasteiger partial charge in [0.2, 0.25) is 0 Å². The second-order valence-corrected chi connectivity index (χ2v) is 7.32. The third-order valence-electron chi connectivity index (χ3n) is 5.26. The predicted octanol–water partition coefficient (Wildman–Crippen LogP) is 2.26. The van der Waals surface area contributed by atoms with Crippen LogP contribution in [-0.4, -0.2) is 82.8 Å². The van der Waals surface area contributed by atoms with E-state index < -0.39 is 0 Å². The minimum Gasteiger partial charge on any atom is -0.497 e. The Morgan fingerprint density at radius 2 is 1.79 bits per heavy atom. The molecule has 1 saturated heterocycles. The van der Waals surface area contributed by atoms with Crippen LogP contribution in [0, 0.1) is 5.92 Å². The maximum absolute atomic E-state index is 5.46. The van der Waals surface area contributed by atoms with Gasteiger partial charge >= 0.3 is 0 Å². The van der Waals surface area contributed by atoms with Gasteiger partial charge in [0.15, 0.2) is 5.96 Å². The standard InChI is InChI=1S/C21H37N5O2.HI/c1-6-25-9-11-26(12-10-25)16-17(2)14-23-21(22-3)24-15-18-7-8-19(27-4)13-20(18)28-5;/h7-8,13,17H,6,9-12,14-16H2,1-5H3,(H2,22,23,24);1H. The van der Waals surface area contributed by atoms with Crippen molar-refractivity contribution in [2.45, 2.75) is 20.4 Å². The van der Waals surface area contributed by atoms with E-state index in [1.54, 1.807) is 21.3 Å². The molecule has 1 aromatic carbocycles. The van der Waals surface area contributed by atoms with Crippen LogP contribution >= 0.6 is 24.0 Å². The number of guanidine groups is 1. The first-order valence-corrected chi connectivity index (χ1v) is 10.2. The number of hydrogen-bond donors (Lipinski definition) is 2. The molecule has 166 valence electrons. The Balaban J connectivity index is 0.00000420. The lowest BCUT2D eigenvalue weighted by Crippen LogP contribution is -2.48. The first-order valence-electron chi connectivity index (χ1n) is 10.2. The summed E-state index contributed by atoms with van der Waals surface area (Å²) in [5.41, 5.74) is 1.06. The van der Waals surface area contributed by atoms with Crippen molar-refractivity contribution in [2.24, 2.45) is 10.9 Å². The van der Waals surface area contributed by atoms with Gasteiger partial charge in [-0.25, -0.2) is 0 Å². The number of likely N-dealkylation sites (N-methyl/N-ethyl adjacent to an activating group) is 1. The monoisotopic (exact) mass is 519 g/mol. The Hall–Kier alpha value is -1.26. The van der Waals surface area contributed by atoms with Gasteiger partial charge in [0, 0.05) is 64.5 Å². The zero-order valence-electron chi connectivity index (χ0n) is 18.5. The zero-order valence-corrected chi connectivity index (χ0v) is 20.9. The maximum Gasteiger partial charge on any atom is 0.191 e. The lowest BCUT2D eigenvalue weighted by Gasteiger charge is -2.35. The van der Waals surface area contributed by atoms with Crippen molar-refractivity contribution in [1.29, 1.82) is 0 Å². The molecule has 0 amide bonds. The molecule has 1 fully saturated rings. The van der Waals surface area contributed by atoms with Crippen LogP contribution in [0.1, 0.15) is 19.4 Å². The van der Waals surface area contributed by atoms with E-state index in [1.807, 2.05) is 18.2 Å². The quantitative estimate of drug-likeness (QED) is 0.297. The van der Waals surface area contributed by atoms with Crippen LogP contribution in [0.5, 0.6) is 11.5 Å². The molecule has 2 N–H and O–H groups in total. The minimum absolute atomic E-state index is 0. The molecule has 1 atom stereocenters. The largest absolute Gasteiger partial charge is 0.497 e. The Kier molecular flexibility index (Phi) is 12.3. The van der Waals surface area contributed by atoms with Crippen LogP contribution < -0.4 is 20.1 Å². The second-order valence-electron chi connectivity index (χ2n) is 7.32. The molecule has 0 saturated carbocycles. The third-order valence-corrected chi connectivity index (χ3v) is 5.26. The molecule has 0 radical (unpaired) electrons. The highest BCUT2D eigenvalue weighted by atomic mass is 127. The molecular weight excluding hydrogens is 481 g/mol. The van der Waals surface area contributed by atoms with Crippen LogP contribution in [0.2, 0.25) is 0 Å². The molecule has 1 aliphatic heterocycles. The van der Waals surface area contributed by atoms with Crippen molar-refractivity contribution >= 4 is 29.9 Å². The number of nitrogens with one attached hydrogen (secondary N) is 2. The number of methoxy groups -OCH3 is 2. The van der Waals surface area contributed by atoms with E-state index in [2.05, 4.69) is 39.3 Å². The molecule has 0 spiro atoms. The predicted molar refractivity (Wildman–Crippen MR) is 131 cm³/mol. The number of rotatable bonds is 9. The van der Waals surface area contributed by atoms with Crippen molar-refractivity contribution < 1.29 is 9.47 Å².